The van der Waals surface area contributed by atoms with Crippen molar-refractivity contribution in [2.75, 3.05) is 30.4 Å². The quantitative estimate of drug-likeness (QED) is 0.343. The van der Waals surface area contributed by atoms with E-state index in [-0.39, 0.29) is 11.7 Å². The smallest absolute Gasteiger partial charge is 0.271 e. The summed E-state index contributed by atoms with van der Waals surface area (Å²) in [6.07, 6.45) is 1.92. The lowest BCUT2D eigenvalue weighted by Gasteiger charge is -2.13. The Labute approximate surface area is 171 Å². The molecule has 2 aromatic rings. The molecule has 0 bridgehead atoms. The van der Waals surface area contributed by atoms with Gasteiger partial charge in [0.15, 0.2) is 10.3 Å². The molecule has 144 valence electrons. The summed E-state index contributed by atoms with van der Waals surface area (Å²) >= 11 is 3.28. The first-order chi connectivity index (χ1) is 13.6. The Hall–Kier alpha value is -2.52. The van der Waals surface area contributed by atoms with Crippen LogP contribution in [0.2, 0.25) is 0 Å². The van der Waals surface area contributed by atoms with Crippen LogP contribution in [0, 0.1) is 10.1 Å². The Bertz CT molecular complexity index is 963. The van der Waals surface area contributed by atoms with Gasteiger partial charge in [0.2, 0.25) is 0 Å². The molecule has 0 amide bonds. The highest BCUT2D eigenvalue weighted by Crippen LogP contribution is 2.33. The van der Waals surface area contributed by atoms with E-state index in [1.165, 1.54) is 23.9 Å². The second-order valence-corrected chi connectivity index (χ2v) is 8.23. The summed E-state index contributed by atoms with van der Waals surface area (Å²) in [5.74, 6) is 1.12. The third-order valence-electron chi connectivity index (χ3n) is 4.51. The molecule has 28 heavy (non-hydrogen) atoms. The Morgan fingerprint density at radius 1 is 1.36 bits per heavy atom. The number of amidine groups is 2. The number of rotatable bonds is 4. The molecular weight excluding hydrogens is 394 g/mol. The summed E-state index contributed by atoms with van der Waals surface area (Å²) in [7, 11) is 0. The van der Waals surface area contributed by atoms with Crippen LogP contribution in [0.1, 0.15) is 11.6 Å². The molecule has 0 radical (unpaired) electrons. The second kappa shape index (κ2) is 8.24. The van der Waals surface area contributed by atoms with E-state index in [1.807, 2.05) is 30.2 Å². The van der Waals surface area contributed by atoms with E-state index in [0.717, 1.165) is 35.3 Å². The van der Waals surface area contributed by atoms with Gasteiger partial charge >= 0.3 is 0 Å². The van der Waals surface area contributed by atoms with E-state index in [4.69, 9.17) is 4.99 Å². The van der Waals surface area contributed by atoms with Gasteiger partial charge in [0.05, 0.1) is 16.7 Å². The van der Waals surface area contributed by atoms with Gasteiger partial charge in [0, 0.05) is 36.7 Å². The number of nitrogens with one attached hydrogen (secondary N) is 1. The topological polar surface area (TPSA) is 83.1 Å². The number of benzene rings is 2. The lowest BCUT2D eigenvalue weighted by Crippen LogP contribution is -2.21. The minimum atomic E-state index is -0.405. The van der Waals surface area contributed by atoms with Crippen molar-refractivity contribution in [3.8, 4) is 0 Å². The standard InChI is InChI=1S/C19H19N5O2S2/c1-27-18(21-15-6-3-7-16(11-15)24(25)26)20-14-5-2-4-13(10-14)17-12-23-8-9-28-19(23)22-17/h2-7,10-11,17H,8-9,12H2,1H3,(H,20,21). The Kier molecular flexibility index (Phi) is 5.54. The van der Waals surface area contributed by atoms with E-state index >= 15 is 0 Å². The largest absolute Gasteiger partial charge is 0.348 e. The second-order valence-electron chi connectivity index (χ2n) is 6.37. The first-order valence-electron chi connectivity index (χ1n) is 8.82. The van der Waals surface area contributed by atoms with Gasteiger partial charge in [0.1, 0.15) is 0 Å². The van der Waals surface area contributed by atoms with Gasteiger partial charge in [-0.1, -0.05) is 41.7 Å². The van der Waals surface area contributed by atoms with Crippen LogP contribution in [0.25, 0.3) is 0 Å². The van der Waals surface area contributed by atoms with Crippen LogP contribution in [0.5, 0.6) is 0 Å². The molecule has 2 heterocycles. The van der Waals surface area contributed by atoms with E-state index in [1.54, 1.807) is 12.1 Å². The highest BCUT2D eigenvalue weighted by molar-refractivity contribution is 8.14. The van der Waals surface area contributed by atoms with Gasteiger partial charge in [-0.05, 0) is 30.0 Å². The number of thioether (sulfide) groups is 2. The first-order valence-corrected chi connectivity index (χ1v) is 11.0. The minimum Gasteiger partial charge on any atom is -0.348 e. The van der Waals surface area contributed by atoms with Gasteiger partial charge < -0.3 is 10.2 Å². The van der Waals surface area contributed by atoms with Crippen LogP contribution in [-0.4, -0.2) is 45.3 Å². The van der Waals surface area contributed by atoms with Crippen molar-refractivity contribution in [1.29, 1.82) is 0 Å². The molecule has 1 saturated heterocycles. The molecule has 1 unspecified atom stereocenters. The fourth-order valence-electron chi connectivity index (χ4n) is 3.15. The fourth-order valence-corrected chi connectivity index (χ4v) is 4.61. The Balaban J connectivity index is 1.53. The van der Waals surface area contributed by atoms with Crippen LogP contribution in [-0.2, 0) is 0 Å². The molecule has 0 spiro atoms. The molecular formula is C19H19N5O2S2. The van der Waals surface area contributed by atoms with Crippen LogP contribution in [0.15, 0.2) is 58.5 Å². The zero-order valence-corrected chi connectivity index (χ0v) is 16.9. The monoisotopic (exact) mass is 413 g/mol. The van der Waals surface area contributed by atoms with Crippen LogP contribution in [0.3, 0.4) is 0 Å². The van der Waals surface area contributed by atoms with Gasteiger partial charge in [-0.2, -0.15) is 0 Å². The summed E-state index contributed by atoms with van der Waals surface area (Å²) in [6.45, 7) is 2.00. The van der Waals surface area contributed by atoms with E-state index in [9.17, 15) is 10.1 Å². The van der Waals surface area contributed by atoms with Crippen molar-refractivity contribution in [3.05, 3.63) is 64.2 Å². The molecule has 2 aromatic carbocycles. The number of nitro benzene ring substituents is 1. The van der Waals surface area contributed by atoms with E-state index < -0.39 is 4.92 Å². The van der Waals surface area contributed by atoms with Crippen molar-refractivity contribution in [2.24, 2.45) is 9.98 Å². The van der Waals surface area contributed by atoms with E-state index in [0.29, 0.717) is 10.9 Å². The molecule has 9 heteroatoms. The van der Waals surface area contributed by atoms with Crippen LogP contribution >= 0.6 is 23.5 Å². The van der Waals surface area contributed by atoms with Crippen LogP contribution in [0.4, 0.5) is 17.1 Å². The maximum Gasteiger partial charge on any atom is 0.271 e. The zero-order chi connectivity index (χ0) is 19.5. The molecule has 1 fully saturated rings. The Morgan fingerprint density at radius 2 is 2.21 bits per heavy atom. The van der Waals surface area contributed by atoms with Gasteiger partial charge in [-0.3, -0.25) is 15.1 Å². The molecule has 7 nitrogen and oxygen atoms in total. The third kappa shape index (κ3) is 4.15. The Morgan fingerprint density at radius 3 is 3.00 bits per heavy atom. The SMILES string of the molecule is CSC(=Nc1cccc(C2CN3CCSC3=N2)c1)Nc1cccc([N+](=O)[O-])c1. The third-order valence-corrected chi connectivity index (χ3v) is 6.10. The lowest BCUT2D eigenvalue weighted by atomic mass is 10.1. The first kappa shape index (κ1) is 18.8. The number of anilines is 1. The highest BCUT2D eigenvalue weighted by atomic mass is 32.2. The molecule has 1 N–H and O–H groups in total. The number of hydrogen-bond acceptors (Lipinski definition) is 7. The van der Waals surface area contributed by atoms with Crippen molar-refractivity contribution < 1.29 is 4.92 Å². The van der Waals surface area contributed by atoms with Crippen LogP contribution < -0.4 is 5.32 Å². The summed E-state index contributed by atoms with van der Waals surface area (Å²) < 4.78 is 0. The average Bonchev–Trinajstić information content (AvgIpc) is 3.30. The number of nitrogens with zero attached hydrogens (tertiary/aromatic N) is 4. The highest BCUT2D eigenvalue weighted by Gasteiger charge is 2.30. The number of fused-ring (bicyclic) bond motifs is 1. The average molecular weight is 414 g/mol. The minimum absolute atomic E-state index is 0.0474. The summed E-state index contributed by atoms with van der Waals surface area (Å²) in [4.78, 5) is 22.4. The maximum atomic E-state index is 11.0. The number of hydrogen-bond donors (Lipinski definition) is 1. The normalized spacial score (nSPS) is 18.8. The van der Waals surface area contributed by atoms with E-state index in [2.05, 4.69) is 27.3 Å². The van der Waals surface area contributed by atoms with Crippen molar-refractivity contribution in [1.82, 2.24) is 4.90 Å². The zero-order valence-electron chi connectivity index (χ0n) is 15.2. The fraction of sp³-hybridized carbons (Fsp3) is 0.263. The van der Waals surface area contributed by atoms with Gasteiger partial charge in [-0.15, -0.1) is 0 Å². The van der Waals surface area contributed by atoms with Crippen molar-refractivity contribution in [3.63, 3.8) is 0 Å². The molecule has 4 rings (SSSR count). The molecule has 1 atom stereocenters. The predicted octanol–water partition coefficient (Wildman–Crippen LogP) is 4.52. The lowest BCUT2D eigenvalue weighted by molar-refractivity contribution is -0.384. The van der Waals surface area contributed by atoms with Crippen molar-refractivity contribution in [2.45, 2.75) is 6.04 Å². The summed E-state index contributed by atoms with van der Waals surface area (Å²) in [5, 5.41) is 15.9. The molecule has 0 saturated carbocycles. The van der Waals surface area contributed by atoms with Gasteiger partial charge in [0.25, 0.3) is 5.69 Å². The maximum absolute atomic E-state index is 11.0. The number of aliphatic imine (C=N–C) groups is 2. The summed E-state index contributed by atoms with van der Waals surface area (Å²) in [5.41, 5.74) is 2.67. The number of nitro groups is 1. The van der Waals surface area contributed by atoms with Gasteiger partial charge in [-0.25, -0.2) is 4.99 Å². The summed E-state index contributed by atoms with van der Waals surface area (Å²) in [6, 6.07) is 14.7. The molecule has 0 aliphatic carbocycles. The molecule has 2 aliphatic rings. The number of non-ortho nitro benzene ring substituents is 1. The molecule has 2 aliphatic heterocycles. The molecule has 0 aromatic heterocycles. The predicted molar refractivity (Wildman–Crippen MR) is 118 cm³/mol. The van der Waals surface area contributed by atoms with Crippen molar-refractivity contribution >= 4 is 50.9 Å².